The van der Waals surface area contributed by atoms with Gasteiger partial charge in [-0.3, -0.25) is 0 Å². The third-order valence-electron chi connectivity index (χ3n) is 5.27. The Bertz CT molecular complexity index is 1070. The Balaban J connectivity index is 0.000000298. The third-order valence-corrected chi connectivity index (χ3v) is 5.27. The molecule has 216 valence electrons. The molecular formula is C30H35F7O2. The first-order valence-electron chi connectivity index (χ1n) is 12.4. The van der Waals surface area contributed by atoms with E-state index >= 15 is 0 Å². The smallest absolute Gasteiger partial charge is 0.484 e. The van der Waals surface area contributed by atoms with Crippen molar-refractivity contribution in [3.63, 3.8) is 0 Å². The fraction of sp³-hybridized carbons (Fsp3) is 0.400. The first-order valence-corrected chi connectivity index (χ1v) is 12.4. The van der Waals surface area contributed by atoms with Crippen LogP contribution in [0, 0.1) is 5.82 Å². The van der Waals surface area contributed by atoms with E-state index in [9.17, 15) is 30.7 Å². The molecule has 0 aliphatic heterocycles. The average molecular weight is 561 g/mol. The average Bonchev–Trinajstić information content (AvgIpc) is 2.83. The maximum absolute atomic E-state index is 12.4. The highest BCUT2D eigenvalue weighted by Gasteiger charge is 2.31. The first-order chi connectivity index (χ1) is 18.0. The van der Waals surface area contributed by atoms with Crippen LogP contribution in [0.15, 0.2) is 72.8 Å². The van der Waals surface area contributed by atoms with E-state index in [2.05, 4.69) is 23.3 Å². The van der Waals surface area contributed by atoms with E-state index in [0.717, 1.165) is 11.1 Å². The molecule has 0 aromatic heterocycles. The van der Waals surface area contributed by atoms with Crippen LogP contribution in [0.5, 0.6) is 11.5 Å². The molecule has 0 amide bonds. The zero-order valence-electron chi connectivity index (χ0n) is 22.8. The van der Waals surface area contributed by atoms with E-state index in [0.29, 0.717) is 17.8 Å². The van der Waals surface area contributed by atoms with Crippen LogP contribution in [-0.4, -0.2) is 19.1 Å². The predicted octanol–water partition coefficient (Wildman–Crippen LogP) is 10.4. The van der Waals surface area contributed by atoms with Crippen LogP contribution in [0.1, 0.15) is 76.0 Å². The normalized spacial score (nSPS) is 11.5. The molecule has 0 saturated carbocycles. The van der Waals surface area contributed by atoms with Crippen LogP contribution >= 0.6 is 0 Å². The Morgan fingerprint density at radius 1 is 0.538 bits per heavy atom. The zero-order chi connectivity index (χ0) is 29.8. The van der Waals surface area contributed by atoms with Gasteiger partial charge in [-0.1, -0.05) is 77.9 Å². The Hall–Kier alpha value is -3.23. The summed E-state index contributed by atoms with van der Waals surface area (Å²) in [4.78, 5) is 0. The van der Waals surface area contributed by atoms with Crippen molar-refractivity contribution in [2.24, 2.45) is 0 Å². The predicted molar refractivity (Wildman–Crippen MR) is 140 cm³/mol. The third kappa shape index (κ3) is 15.1. The second-order valence-electron chi connectivity index (χ2n) is 9.61. The molecule has 0 unspecified atom stereocenters. The molecule has 3 aromatic carbocycles. The monoisotopic (exact) mass is 560 g/mol. The molecule has 0 fully saturated rings. The quantitative estimate of drug-likeness (QED) is 0.279. The lowest BCUT2D eigenvalue weighted by atomic mass is 10.0. The minimum absolute atomic E-state index is 0.163. The fourth-order valence-corrected chi connectivity index (χ4v) is 3.02. The lowest BCUT2D eigenvalue weighted by molar-refractivity contribution is -0.274. The van der Waals surface area contributed by atoms with Crippen molar-refractivity contribution in [3.05, 3.63) is 95.3 Å². The summed E-state index contributed by atoms with van der Waals surface area (Å²) < 4.78 is 91.5. The molecular weight excluding hydrogens is 525 g/mol. The Kier molecular flexibility index (Phi) is 13.3. The van der Waals surface area contributed by atoms with E-state index in [-0.39, 0.29) is 17.3 Å². The van der Waals surface area contributed by atoms with Crippen LogP contribution in [0.4, 0.5) is 30.7 Å². The molecule has 0 aliphatic rings. The van der Waals surface area contributed by atoms with Crippen molar-refractivity contribution in [3.8, 4) is 11.5 Å². The molecule has 3 aromatic rings. The molecule has 3 rings (SSSR count). The van der Waals surface area contributed by atoms with Gasteiger partial charge in [0.25, 0.3) is 0 Å². The maximum atomic E-state index is 12.4. The molecule has 0 N–H and O–H groups in total. The van der Waals surface area contributed by atoms with Gasteiger partial charge in [0.1, 0.15) is 17.3 Å². The molecule has 39 heavy (non-hydrogen) atoms. The zero-order valence-corrected chi connectivity index (χ0v) is 22.8. The van der Waals surface area contributed by atoms with Gasteiger partial charge in [-0.2, -0.15) is 13.2 Å². The summed E-state index contributed by atoms with van der Waals surface area (Å²) in [7, 11) is 0. The Morgan fingerprint density at radius 2 is 0.872 bits per heavy atom. The van der Waals surface area contributed by atoms with Gasteiger partial charge in [0.2, 0.25) is 0 Å². The van der Waals surface area contributed by atoms with Gasteiger partial charge >= 0.3 is 12.5 Å². The van der Waals surface area contributed by atoms with Gasteiger partial charge < -0.3 is 9.47 Å². The number of alkyl halides is 6. The van der Waals surface area contributed by atoms with Crippen molar-refractivity contribution >= 4 is 0 Å². The van der Waals surface area contributed by atoms with E-state index in [1.165, 1.54) is 29.8 Å². The second kappa shape index (κ2) is 15.4. The second-order valence-corrected chi connectivity index (χ2v) is 9.61. The first kappa shape index (κ1) is 33.8. The molecule has 0 heterocycles. The highest BCUT2D eigenvalue weighted by Crippen LogP contribution is 2.25. The lowest BCUT2D eigenvalue weighted by Crippen LogP contribution is -2.19. The molecule has 0 atom stereocenters. The molecule has 2 nitrogen and oxygen atoms in total. The van der Waals surface area contributed by atoms with Gasteiger partial charge in [-0.05, 0) is 70.8 Å². The molecule has 0 bridgehead atoms. The standard InChI is InChI=1S/C11H13F3O.C10H11F3O.C9H11F/c1-8(2)9-3-5-10(6-4-9)15-7-11(12,13)14;1-7(2)8-3-5-9(6-4-8)14-10(11,12)13;1-7(2)8-3-5-9(10)6-4-8/h3-6,8H,7H2,1-2H3;3-7H,1-2H3;3-7H,1-2H3. The topological polar surface area (TPSA) is 18.5 Å². The fourth-order valence-electron chi connectivity index (χ4n) is 3.02. The van der Waals surface area contributed by atoms with Gasteiger partial charge in [0.15, 0.2) is 6.61 Å². The molecule has 0 saturated heterocycles. The van der Waals surface area contributed by atoms with E-state index in [4.69, 9.17) is 0 Å². The van der Waals surface area contributed by atoms with Gasteiger partial charge in [0, 0.05) is 0 Å². The number of halogens is 7. The molecule has 9 heteroatoms. The Labute approximate surface area is 225 Å². The summed E-state index contributed by atoms with van der Waals surface area (Å²) in [5, 5.41) is 0. The van der Waals surface area contributed by atoms with Crippen molar-refractivity contribution in [2.45, 2.75) is 71.8 Å². The molecule has 0 spiro atoms. The Morgan fingerprint density at radius 3 is 1.18 bits per heavy atom. The highest BCUT2D eigenvalue weighted by molar-refractivity contribution is 5.29. The molecule has 0 aliphatic carbocycles. The van der Waals surface area contributed by atoms with Gasteiger partial charge in [0.05, 0.1) is 0 Å². The number of benzene rings is 3. The summed E-state index contributed by atoms with van der Waals surface area (Å²) >= 11 is 0. The van der Waals surface area contributed by atoms with Crippen molar-refractivity contribution < 1.29 is 40.2 Å². The number of ether oxygens (including phenoxy) is 2. The largest absolute Gasteiger partial charge is 0.573 e. The van der Waals surface area contributed by atoms with Crippen LogP contribution in [0.25, 0.3) is 0 Å². The number of rotatable bonds is 6. The number of hydrogen-bond donors (Lipinski definition) is 0. The summed E-state index contributed by atoms with van der Waals surface area (Å²) in [6.07, 6.45) is -8.89. The minimum atomic E-state index is -4.61. The summed E-state index contributed by atoms with van der Waals surface area (Å²) in [5.74, 6) is 1.06. The summed E-state index contributed by atoms with van der Waals surface area (Å²) in [6.45, 7) is 10.9. The minimum Gasteiger partial charge on any atom is -0.484 e. The highest BCUT2D eigenvalue weighted by atomic mass is 19.4. The van der Waals surface area contributed by atoms with Crippen LogP contribution in [-0.2, 0) is 0 Å². The lowest BCUT2D eigenvalue weighted by Gasteiger charge is -2.10. The van der Waals surface area contributed by atoms with Crippen molar-refractivity contribution in [1.29, 1.82) is 0 Å². The summed E-state index contributed by atoms with van der Waals surface area (Å²) in [5.41, 5.74) is 3.25. The van der Waals surface area contributed by atoms with E-state index in [1.54, 1.807) is 36.4 Å². The van der Waals surface area contributed by atoms with Crippen LogP contribution in [0.3, 0.4) is 0 Å². The van der Waals surface area contributed by atoms with Crippen molar-refractivity contribution in [2.75, 3.05) is 6.61 Å². The van der Waals surface area contributed by atoms with Gasteiger partial charge in [-0.25, -0.2) is 4.39 Å². The van der Waals surface area contributed by atoms with E-state index in [1.807, 2.05) is 39.8 Å². The number of hydrogen-bond acceptors (Lipinski definition) is 2. The van der Waals surface area contributed by atoms with Crippen LogP contribution in [0.2, 0.25) is 0 Å². The SMILES string of the molecule is CC(C)c1ccc(F)cc1.CC(C)c1ccc(OC(F)(F)F)cc1.CC(C)c1ccc(OCC(F)(F)F)cc1. The summed E-state index contributed by atoms with van der Waals surface area (Å²) in [6, 6.07) is 19.2. The van der Waals surface area contributed by atoms with E-state index < -0.39 is 19.1 Å². The van der Waals surface area contributed by atoms with Crippen LogP contribution < -0.4 is 9.47 Å². The van der Waals surface area contributed by atoms with Gasteiger partial charge in [-0.15, -0.1) is 13.2 Å². The maximum Gasteiger partial charge on any atom is 0.573 e. The van der Waals surface area contributed by atoms with Crippen molar-refractivity contribution in [1.82, 2.24) is 0 Å². The molecule has 0 radical (unpaired) electrons.